The third kappa shape index (κ3) is 4.15. The maximum atomic E-state index is 12.8. The fourth-order valence-corrected chi connectivity index (χ4v) is 3.23. The Morgan fingerprint density at radius 2 is 2.00 bits per heavy atom. The van der Waals surface area contributed by atoms with Crippen molar-refractivity contribution >= 4 is 34.2 Å². The molecule has 6 heteroatoms. The van der Waals surface area contributed by atoms with Gasteiger partial charge in [0, 0.05) is 18.8 Å². The molecule has 0 saturated carbocycles. The van der Waals surface area contributed by atoms with Crippen LogP contribution in [0.2, 0.25) is 0 Å². The highest BCUT2D eigenvalue weighted by Crippen LogP contribution is 2.25. The third-order valence-electron chi connectivity index (χ3n) is 3.86. The average Bonchev–Trinajstić information content (AvgIpc) is 3.09. The second-order valence-corrected chi connectivity index (χ2v) is 6.60. The molecule has 24 heavy (non-hydrogen) atoms. The van der Waals surface area contributed by atoms with E-state index in [-0.39, 0.29) is 5.91 Å². The van der Waals surface area contributed by atoms with Crippen LogP contribution in [0.15, 0.2) is 42.6 Å². The summed E-state index contributed by atoms with van der Waals surface area (Å²) in [5.41, 5.74) is 1.50. The van der Waals surface area contributed by atoms with E-state index in [9.17, 15) is 9.59 Å². The van der Waals surface area contributed by atoms with E-state index in [0.717, 1.165) is 49.2 Å². The molecule has 1 amide bonds. The van der Waals surface area contributed by atoms with E-state index in [1.54, 1.807) is 0 Å². The molecule has 0 bridgehead atoms. The Kier molecular flexibility index (Phi) is 5.51. The topological polar surface area (TPSA) is 68.3 Å². The normalized spacial score (nSPS) is 15.9. The maximum Gasteiger partial charge on any atom is 0.257 e. The summed E-state index contributed by atoms with van der Waals surface area (Å²) in [4.78, 5) is 28.1. The second-order valence-electron chi connectivity index (χ2n) is 5.54. The third-order valence-corrected chi connectivity index (χ3v) is 4.70. The van der Waals surface area contributed by atoms with Gasteiger partial charge in [0.1, 0.15) is 0 Å². The Balaban J connectivity index is 1.84. The van der Waals surface area contributed by atoms with Gasteiger partial charge in [-0.05, 0) is 24.3 Å². The number of amides is 1. The summed E-state index contributed by atoms with van der Waals surface area (Å²) >= 11 is 1.16. The van der Waals surface area contributed by atoms with E-state index >= 15 is 0 Å². The Bertz CT molecular complexity index is 734. The lowest BCUT2D eigenvalue weighted by Crippen LogP contribution is -2.18. The van der Waals surface area contributed by atoms with E-state index in [0.29, 0.717) is 21.5 Å². The van der Waals surface area contributed by atoms with Crippen LogP contribution >= 0.6 is 11.3 Å². The number of rotatable bonds is 5. The lowest BCUT2D eigenvalue weighted by atomic mass is 9.94. The number of aromatic nitrogens is 1. The van der Waals surface area contributed by atoms with Gasteiger partial charge in [0.05, 0.1) is 11.1 Å². The predicted octanol–water partition coefficient (Wildman–Crippen LogP) is 3.40. The van der Waals surface area contributed by atoms with Crippen LogP contribution in [0.5, 0.6) is 0 Å². The Morgan fingerprint density at radius 1 is 1.25 bits per heavy atom. The molecule has 1 aliphatic rings. The van der Waals surface area contributed by atoms with Gasteiger partial charge in [-0.15, -0.1) is 0 Å². The van der Waals surface area contributed by atoms with Crippen LogP contribution in [0.3, 0.4) is 0 Å². The number of allylic oxidation sites excluding steroid dienone is 1. The fourth-order valence-electron chi connectivity index (χ4n) is 2.60. The molecule has 0 unspecified atom stereocenters. The molecule has 0 atom stereocenters. The van der Waals surface area contributed by atoms with Crippen LogP contribution in [0.1, 0.15) is 28.1 Å². The number of hydrogen-bond donors (Lipinski definition) is 1. The van der Waals surface area contributed by atoms with Crippen LogP contribution < -0.4 is 5.32 Å². The quantitative estimate of drug-likeness (QED) is 0.668. The molecule has 0 spiro atoms. The molecule has 1 fully saturated rings. The molecule has 1 N–H and O–H groups in total. The molecule has 5 nitrogen and oxygen atoms in total. The molecule has 2 heterocycles. The number of nitrogens with one attached hydrogen (secondary N) is 1. The Morgan fingerprint density at radius 3 is 2.67 bits per heavy atom. The van der Waals surface area contributed by atoms with Crippen molar-refractivity contribution in [3.8, 4) is 0 Å². The molecule has 2 aromatic rings. The lowest BCUT2D eigenvalue weighted by Gasteiger charge is -2.20. The number of hydrogen-bond acceptors (Lipinski definition) is 5. The SMILES string of the molecule is O=Cc1cnc(NC(=O)C(=CC2CCOCC2)c2ccccc2)s1. The van der Waals surface area contributed by atoms with Gasteiger partial charge in [0.2, 0.25) is 0 Å². The fraction of sp³-hybridized carbons (Fsp3) is 0.278. The largest absolute Gasteiger partial charge is 0.381 e. The number of carbonyl (C=O) groups is 2. The standard InChI is InChI=1S/C18H18N2O3S/c21-12-15-11-19-18(24-15)20-17(22)16(14-4-2-1-3-5-14)10-13-6-8-23-9-7-13/h1-5,10-13H,6-9H2,(H,19,20,22). The first kappa shape index (κ1) is 16.5. The van der Waals surface area contributed by atoms with E-state index in [1.165, 1.54) is 6.20 Å². The highest BCUT2D eigenvalue weighted by atomic mass is 32.1. The number of carbonyl (C=O) groups excluding carboxylic acids is 2. The summed E-state index contributed by atoms with van der Waals surface area (Å²) in [6.45, 7) is 1.44. The highest BCUT2D eigenvalue weighted by Gasteiger charge is 2.18. The van der Waals surface area contributed by atoms with Gasteiger partial charge in [-0.3, -0.25) is 14.9 Å². The zero-order valence-electron chi connectivity index (χ0n) is 13.1. The van der Waals surface area contributed by atoms with Gasteiger partial charge in [-0.25, -0.2) is 4.98 Å². The van der Waals surface area contributed by atoms with E-state index in [4.69, 9.17) is 4.74 Å². The highest BCUT2D eigenvalue weighted by molar-refractivity contribution is 7.17. The number of nitrogens with zero attached hydrogens (tertiary/aromatic N) is 1. The lowest BCUT2D eigenvalue weighted by molar-refractivity contribution is -0.111. The van der Waals surface area contributed by atoms with Crippen molar-refractivity contribution in [3.63, 3.8) is 0 Å². The zero-order chi connectivity index (χ0) is 16.8. The van der Waals surface area contributed by atoms with Crippen LogP contribution in [-0.4, -0.2) is 30.4 Å². The van der Waals surface area contributed by atoms with Gasteiger partial charge < -0.3 is 4.74 Å². The van der Waals surface area contributed by atoms with Crippen molar-refractivity contribution in [3.05, 3.63) is 53.0 Å². The number of benzene rings is 1. The van der Waals surface area contributed by atoms with E-state index in [2.05, 4.69) is 10.3 Å². The van der Waals surface area contributed by atoms with Crippen LogP contribution in [0.25, 0.3) is 5.57 Å². The summed E-state index contributed by atoms with van der Waals surface area (Å²) in [6.07, 6.45) is 6.04. The summed E-state index contributed by atoms with van der Waals surface area (Å²) < 4.78 is 5.39. The Labute approximate surface area is 144 Å². The van der Waals surface area contributed by atoms with Crippen molar-refractivity contribution in [1.82, 2.24) is 4.98 Å². The minimum atomic E-state index is -0.209. The molecule has 0 radical (unpaired) electrons. The molecular formula is C18H18N2O3S. The van der Waals surface area contributed by atoms with Crippen LogP contribution in [0.4, 0.5) is 5.13 Å². The van der Waals surface area contributed by atoms with Crippen molar-refractivity contribution in [2.45, 2.75) is 12.8 Å². The van der Waals surface area contributed by atoms with Crippen molar-refractivity contribution in [2.75, 3.05) is 18.5 Å². The van der Waals surface area contributed by atoms with Gasteiger partial charge in [0.25, 0.3) is 5.91 Å². The van der Waals surface area contributed by atoms with E-state index < -0.39 is 0 Å². The monoisotopic (exact) mass is 342 g/mol. The molecule has 1 aliphatic heterocycles. The van der Waals surface area contributed by atoms with E-state index in [1.807, 2.05) is 36.4 Å². The zero-order valence-corrected chi connectivity index (χ0v) is 13.9. The Hall–Kier alpha value is -2.31. The van der Waals surface area contributed by atoms with Gasteiger partial charge in [-0.2, -0.15) is 0 Å². The van der Waals surface area contributed by atoms with Crippen LogP contribution in [0, 0.1) is 5.92 Å². The van der Waals surface area contributed by atoms with Crippen molar-refractivity contribution in [2.24, 2.45) is 5.92 Å². The number of anilines is 1. The molecular weight excluding hydrogens is 324 g/mol. The summed E-state index contributed by atoms with van der Waals surface area (Å²) in [5.74, 6) is 0.112. The minimum absolute atomic E-state index is 0.209. The predicted molar refractivity (Wildman–Crippen MR) is 94.1 cm³/mol. The molecule has 1 aromatic heterocycles. The first-order valence-corrected chi connectivity index (χ1v) is 8.65. The first-order valence-electron chi connectivity index (χ1n) is 7.83. The summed E-state index contributed by atoms with van der Waals surface area (Å²) in [6, 6.07) is 9.58. The molecule has 124 valence electrons. The number of ether oxygens (including phenoxy) is 1. The first-order chi connectivity index (χ1) is 11.8. The molecule has 1 aromatic carbocycles. The molecule has 0 aliphatic carbocycles. The van der Waals surface area contributed by atoms with Crippen LogP contribution in [-0.2, 0) is 9.53 Å². The van der Waals surface area contributed by atoms with Gasteiger partial charge in [0.15, 0.2) is 11.4 Å². The van der Waals surface area contributed by atoms with Crippen molar-refractivity contribution < 1.29 is 14.3 Å². The second kappa shape index (κ2) is 7.99. The minimum Gasteiger partial charge on any atom is -0.381 e. The van der Waals surface area contributed by atoms with Crippen molar-refractivity contribution in [1.29, 1.82) is 0 Å². The molecule has 3 rings (SSSR count). The summed E-state index contributed by atoms with van der Waals surface area (Å²) in [5, 5.41) is 3.22. The van der Waals surface area contributed by atoms with Gasteiger partial charge >= 0.3 is 0 Å². The maximum absolute atomic E-state index is 12.8. The smallest absolute Gasteiger partial charge is 0.257 e. The average molecular weight is 342 g/mol. The molecule has 1 saturated heterocycles. The summed E-state index contributed by atoms with van der Waals surface area (Å²) in [7, 11) is 0. The van der Waals surface area contributed by atoms with Gasteiger partial charge in [-0.1, -0.05) is 47.7 Å². The number of aldehydes is 1. The number of thiazole rings is 1.